The van der Waals surface area contributed by atoms with Gasteiger partial charge in [0, 0.05) is 57.0 Å². The van der Waals surface area contributed by atoms with E-state index in [0.717, 1.165) is 0 Å². The van der Waals surface area contributed by atoms with Crippen molar-refractivity contribution in [2.45, 2.75) is 49.2 Å². The molecule has 4 aromatic rings. The van der Waals surface area contributed by atoms with Gasteiger partial charge in [-0.15, -0.1) is 0 Å². The van der Waals surface area contributed by atoms with Crippen LogP contribution in [0.25, 0.3) is 38.1 Å². The molecule has 0 amide bonds. The molecule has 1 saturated carbocycles. The number of benzene rings is 4. The zero-order valence-corrected chi connectivity index (χ0v) is 21.5. The molecular formula is C29H26O9. The van der Waals surface area contributed by atoms with Crippen molar-refractivity contribution in [3.8, 4) is 23.0 Å². The third-order valence-electron chi connectivity index (χ3n) is 9.46. The molecule has 1 fully saturated rings. The van der Waals surface area contributed by atoms with Gasteiger partial charge in [-0.05, 0) is 31.2 Å². The number of phenolic OH excluding ortho intramolecular Hbond substituents is 1. The number of aliphatic hydroxyl groups excluding tert-OH is 1. The average Bonchev–Trinajstić information content (AvgIpc) is 2.92. The molecule has 0 heterocycles. The molecule has 7 rings (SSSR count). The second kappa shape index (κ2) is 6.59. The number of hydrogen-bond acceptors (Lipinski definition) is 9. The topological polar surface area (TPSA) is 143 Å². The fourth-order valence-corrected chi connectivity index (χ4v) is 8.36. The number of methoxy groups -OCH3 is 3. The van der Waals surface area contributed by atoms with Gasteiger partial charge in [-0.25, -0.2) is 0 Å². The number of phenols is 1. The highest BCUT2D eigenvalue weighted by molar-refractivity contribution is 6.30. The van der Waals surface area contributed by atoms with Crippen LogP contribution in [0.2, 0.25) is 0 Å². The minimum absolute atomic E-state index is 0.00105. The number of aromatic hydroxyl groups is 1. The Hall–Kier alpha value is -3.82. The highest BCUT2D eigenvalue weighted by Crippen LogP contribution is 2.71. The van der Waals surface area contributed by atoms with E-state index in [4.69, 9.17) is 14.2 Å². The molecular weight excluding hydrogens is 492 g/mol. The third kappa shape index (κ3) is 2.17. The first kappa shape index (κ1) is 23.3. The van der Waals surface area contributed by atoms with Gasteiger partial charge in [0.25, 0.3) is 0 Å². The second-order valence-corrected chi connectivity index (χ2v) is 11.3. The van der Waals surface area contributed by atoms with Crippen molar-refractivity contribution in [1.82, 2.24) is 0 Å². The molecule has 38 heavy (non-hydrogen) atoms. The summed E-state index contributed by atoms with van der Waals surface area (Å²) < 4.78 is 17.0. The van der Waals surface area contributed by atoms with Crippen molar-refractivity contribution >= 4 is 38.1 Å². The van der Waals surface area contributed by atoms with E-state index >= 15 is 0 Å². The lowest BCUT2D eigenvalue weighted by Gasteiger charge is -2.49. The normalized spacial score (nSPS) is 29.1. The van der Waals surface area contributed by atoms with Gasteiger partial charge in [0.2, 0.25) is 0 Å². The molecule has 0 radical (unpaired) electrons. The monoisotopic (exact) mass is 518 g/mol. The van der Waals surface area contributed by atoms with Crippen LogP contribution in [-0.2, 0) is 5.41 Å². The van der Waals surface area contributed by atoms with Crippen molar-refractivity contribution in [1.29, 1.82) is 0 Å². The van der Waals surface area contributed by atoms with E-state index in [1.54, 1.807) is 13.8 Å². The van der Waals surface area contributed by atoms with Gasteiger partial charge in [-0.3, -0.25) is 9.59 Å². The molecule has 0 aromatic heterocycles. The number of ether oxygens (including phenoxy) is 3. The molecule has 0 unspecified atom stereocenters. The van der Waals surface area contributed by atoms with Crippen molar-refractivity contribution in [2.24, 2.45) is 0 Å². The SMILES string of the molecule is COc1c2c3c4c5c(c(=O)cc(OC)c5c5c(OC)cc(=O)c(c1O)c35)=C(O)C[C@]41C[C@](C)(O)[C@H]2[C@]1(C)O. The minimum atomic E-state index is -1.64. The minimum Gasteiger partial charge on any atom is -0.511 e. The maximum Gasteiger partial charge on any atom is 0.194 e. The van der Waals surface area contributed by atoms with Crippen molar-refractivity contribution in [3.05, 3.63) is 48.9 Å². The fourth-order valence-electron chi connectivity index (χ4n) is 8.36. The zero-order chi connectivity index (χ0) is 27.3. The maximum absolute atomic E-state index is 13.5. The summed E-state index contributed by atoms with van der Waals surface area (Å²) in [7, 11) is 4.18. The van der Waals surface area contributed by atoms with Crippen LogP contribution in [0.15, 0.2) is 21.7 Å². The highest BCUT2D eigenvalue weighted by atomic mass is 16.5. The molecule has 9 heteroatoms. The second-order valence-electron chi connectivity index (χ2n) is 11.3. The molecule has 9 nitrogen and oxygen atoms in total. The van der Waals surface area contributed by atoms with Crippen LogP contribution in [0.4, 0.5) is 0 Å². The van der Waals surface area contributed by atoms with Crippen LogP contribution in [0.3, 0.4) is 0 Å². The van der Waals surface area contributed by atoms with Crippen LogP contribution in [-0.4, -0.2) is 53.0 Å². The first-order chi connectivity index (χ1) is 17.9. The van der Waals surface area contributed by atoms with E-state index < -0.39 is 39.1 Å². The summed E-state index contributed by atoms with van der Waals surface area (Å²) in [4.78, 5) is 26.9. The summed E-state index contributed by atoms with van der Waals surface area (Å²) in [6.45, 7) is 3.21. The third-order valence-corrected chi connectivity index (χ3v) is 9.46. The summed E-state index contributed by atoms with van der Waals surface area (Å²) in [5.41, 5.74) is -4.47. The Morgan fingerprint density at radius 2 is 1.42 bits per heavy atom. The summed E-state index contributed by atoms with van der Waals surface area (Å²) in [5.74, 6) is -1.19. The van der Waals surface area contributed by atoms with E-state index in [1.807, 2.05) is 0 Å². The molecule has 4 N–H and O–H groups in total. The van der Waals surface area contributed by atoms with E-state index in [9.17, 15) is 30.0 Å². The zero-order valence-electron chi connectivity index (χ0n) is 21.5. The van der Waals surface area contributed by atoms with Crippen LogP contribution in [0.1, 0.15) is 43.7 Å². The molecule has 0 aliphatic heterocycles. The molecule has 3 aliphatic carbocycles. The smallest absolute Gasteiger partial charge is 0.194 e. The van der Waals surface area contributed by atoms with Crippen molar-refractivity contribution in [3.63, 3.8) is 0 Å². The predicted octanol–water partition coefficient (Wildman–Crippen LogP) is 2.07. The number of rotatable bonds is 3. The Kier molecular flexibility index (Phi) is 4.05. The summed E-state index contributed by atoms with van der Waals surface area (Å²) >= 11 is 0. The lowest BCUT2D eigenvalue weighted by atomic mass is 9.56. The van der Waals surface area contributed by atoms with Gasteiger partial charge < -0.3 is 34.6 Å². The van der Waals surface area contributed by atoms with Crippen LogP contribution < -0.4 is 30.3 Å². The van der Waals surface area contributed by atoms with Crippen LogP contribution >= 0.6 is 0 Å². The largest absolute Gasteiger partial charge is 0.511 e. The standard InChI is InChI=1S/C29H26O9/c1-27(34)9-29-8-12(32)15-10(30)6-14(37-4)18-17-13(36-3)7-11(31)16-19(17)21(23(29)20(15)18)22(25(38-5)24(16)33)26(27)28(29,2)35/h6-7,26,32-35H,8-9H2,1-5H3/t26-,27-,28-,29-/m0/s1. The Bertz CT molecular complexity index is 1960. The average molecular weight is 519 g/mol. The van der Waals surface area contributed by atoms with Gasteiger partial charge in [0.15, 0.2) is 22.4 Å². The van der Waals surface area contributed by atoms with Crippen molar-refractivity contribution < 1.29 is 34.6 Å². The Morgan fingerprint density at radius 1 is 0.816 bits per heavy atom. The Balaban J connectivity index is 2.00. The van der Waals surface area contributed by atoms with E-state index in [0.29, 0.717) is 38.1 Å². The van der Waals surface area contributed by atoms with E-state index in [1.165, 1.54) is 33.5 Å². The lowest BCUT2D eigenvalue weighted by molar-refractivity contribution is -0.0404. The van der Waals surface area contributed by atoms with Gasteiger partial charge >= 0.3 is 0 Å². The summed E-state index contributed by atoms with van der Waals surface area (Å²) in [5, 5.41) is 49.2. The van der Waals surface area contributed by atoms with Gasteiger partial charge in [0.1, 0.15) is 17.3 Å². The predicted molar refractivity (Wildman–Crippen MR) is 140 cm³/mol. The number of aliphatic hydroxyl groups is 3. The molecule has 0 saturated heterocycles. The van der Waals surface area contributed by atoms with Gasteiger partial charge in [0.05, 0.1) is 43.1 Å². The summed E-state index contributed by atoms with van der Waals surface area (Å²) in [6.07, 6.45) is -0.0470. The van der Waals surface area contributed by atoms with Crippen LogP contribution in [0, 0.1) is 0 Å². The number of fused-ring (bicyclic) bond motifs is 3. The number of hydrogen-bond donors (Lipinski definition) is 4. The van der Waals surface area contributed by atoms with Crippen LogP contribution in [0.5, 0.6) is 23.0 Å². The first-order valence-electron chi connectivity index (χ1n) is 12.3. The van der Waals surface area contributed by atoms with E-state index in [2.05, 4.69) is 0 Å². The lowest BCUT2D eigenvalue weighted by Crippen LogP contribution is -2.54. The highest BCUT2D eigenvalue weighted by Gasteiger charge is 2.71. The Labute approximate surface area is 215 Å². The molecule has 1 spiro atoms. The van der Waals surface area contributed by atoms with Crippen molar-refractivity contribution in [2.75, 3.05) is 21.3 Å². The fraction of sp³-hybridized carbons (Fsp3) is 0.379. The Morgan fingerprint density at radius 3 is 2.03 bits per heavy atom. The van der Waals surface area contributed by atoms with Gasteiger partial charge in [-0.2, -0.15) is 0 Å². The quantitative estimate of drug-likeness (QED) is 0.237. The van der Waals surface area contributed by atoms with Gasteiger partial charge in [-0.1, -0.05) is 0 Å². The van der Waals surface area contributed by atoms with E-state index in [-0.39, 0.29) is 46.5 Å². The maximum atomic E-state index is 13.5. The summed E-state index contributed by atoms with van der Waals surface area (Å²) in [6, 6.07) is 2.54. The molecule has 3 aliphatic rings. The molecule has 196 valence electrons. The molecule has 4 aromatic carbocycles. The first-order valence-corrected chi connectivity index (χ1v) is 12.3. The molecule has 4 atom stereocenters. The molecule has 2 bridgehead atoms.